The molecule has 0 unspecified atom stereocenters. The second kappa shape index (κ2) is 5.50. The fourth-order valence-corrected chi connectivity index (χ4v) is 1.52. The van der Waals surface area contributed by atoms with Crippen LogP contribution >= 0.6 is 0 Å². The lowest BCUT2D eigenvalue weighted by atomic mass is 10.3. The minimum absolute atomic E-state index is 0.613. The van der Waals surface area contributed by atoms with Crippen molar-refractivity contribution in [3.8, 4) is 0 Å². The van der Waals surface area contributed by atoms with Crippen LogP contribution in [-0.4, -0.2) is 29.7 Å². The maximum atomic E-state index is 5.39. The molecule has 90 valence electrons. The van der Waals surface area contributed by atoms with Crippen LogP contribution in [-0.2, 0) is 4.74 Å². The van der Waals surface area contributed by atoms with Crippen LogP contribution in [0.4, 0.5) is 5.95 Å². The average Bonchev–Trinajstić information content (AvgIpc) is 2.70. The fourth-order valence-electron chi connectivity index (χ4n) is 1.52. The summed E-state index contributed by atoms with van der Waals surface area (Å²) in [4.78, 5) is 7.61. The highest BCUT2D eigenvalue weighted by atomic mass is 16.5. The molecule has 1 heterocycles. The van der Waals surface area contributed by atoms with E-state index in [4.69, 9.17) is 4.74 Å². The number of aromatic amines is 1. The number of ether oxygens (including phenoxy) is 1. The van der Waals surface area contributed by atoms with E-state index in [-0.39, 0.29) is 0 Å². The number of hydrogen-bond acceptors (Lipinski definition) is 3. The van der Waals surface area contributed by atoms with E-state index in [0.717, 1.165) is 29.1 Å². The topological polar surface area (TPSA) is 49.9 Å². The van der Waals surface area contributed by atoms with Crippen LogP contribution < -0.4 is 5.32 Å². The minimum atomic E-state index is 0.613. The zero-order valence-electron chi connectivity index (χ0n) is 9.99. The number of anilines is 1. The number of aromatic nitrogens is 2. The third-order valence-electron chi connectivity index (χ3n) is 2.28. The van der Waals surface area contributed by atoms with Crippen molar-refractivity contribution >= 4 is 17.0 Å². The Kier molecular flexibility index (Phi) is 3.77. The van der Waals surface area contributed by atoms with E-state index in [9.17, 15) is 0 Å². The van der Waals surface area contributed by atoms with Gasteiger partial charge in [-0.25, -0.2) is 4.98 Å². The quantitative estimate of drug-likeness (QED) is 0.593. The third-order valence-corrected chi connectivity index (χ3v) is 2.28. The lowest BCUT2D eigenvalue weighted by Gasteiger charge is -2.04. The molecule has 17 heavy (non-hydrogen) atoms. The van der Waals surface area contributed by atoms with Crippen LogP contribution in [0.5, 0.6) is 0 Å². The minimum Gasteiger partial charge on any atom is -0.375 e. The van der Waals surface area contributed by atoms with E-state index >= 15 is 0 Å². The maximum Gasteiger partial charge on any atom is 0.201 e. The summed E-state index contributed by atoms with van der Waals surface area (Å²) in [6.45, 7) is 7.71. The van der Waals surface area contributed by atoms with E-state index in [1.807, 2.05) is 31.2 Å². The number of hydrogen-bond donors (Lipinski definition) is 2. The second-order valence-corrected chi connectivity index (χ2v) is 4.04. The van der Waals surface area contributed by atoms with E-state index in [2.05, 4.69) is 21.9 Å². The lowest BCUT2D eigenvalue weighted by molar-refractivity contribution is 0.167. The molecule has 4 nitrogen and oxygen atoms in total. The monoisotopic (exact) mass is 231 g/mol. The molecule has 0 amide bonds. The molecule has 0 bridgehead atoms. The molecule has 0 saturated carbocycles. The molecule has 0 fully saturated rings. The smallest absolute Gasteiger partial charge is 0.201 e. The molecular formula is C13H17N3O. The molecule has 0 saturated heterocycles. The molecule has 0 atom stereocenters. The van der Waals surface area contributed by atoms with Crippen LogP contribution in [0, 0.1) is 0 Å². The summed E-state index contributed by atoms with van der Waals surface area (Å²) in [5.74, 6) is 0.783. The van der Waals surface area contributed by atoms with Gasteiger partial charge in [-0.3, -0.25) is 0 Å². The zero-order valence-corrected chi connectivity index (χ0v) is 9.99. The molecule has 2 aromatic rings. The summed E-state index contributed by atoms with van der Waals surface area (Å²) >= 11 is 0. The van der Waals surface area contributed by atoms with Crippen molar-refractivity contribution in [2.45, 2.75) is 6.92 Å². The van der Waals surface area contributed by atoms with Crippen LogP contribution in [0.15, 0.2) is 36.4 Å². The SMILES string of the molecule is C=C(C)COCCNc1nc2ccccc2[nH]1. The summed E-state index contributed by atoms with van der Waals surface area (Å²) in [5.41, 5.74) is 3.05. The van der Waals surface area contributed by atoms with Gasteiger partial charge in [0.15, 0.2) is 0 Å². The number of para-hydroxylation sites is 2. The molecule has 1 aromatic carbocycles. The molecule has 0 aliphatic carbocycles. The van der Waals surface area contributed by atoms with Crippen LogP contribution in [0.3, 0.4) is 0 Å². The van der Waals surface area contributed by atoms with Gasteiger partial charge in [-0.1, -0.05) is 24.3 Å². The first-order valence-corrected chi connectivity index (χ1v) is 5.66. The first-order chi connectivity index (χ1) is 8.25. The Labute approximate surface area is 101 Å². The Morgan fingerprint density at radius 2 is 2.29 bits per heavy atom. The van der Waals surface area contributed by atoms with Gasteiger partial charge in [0.2, 0.25) is 5.95 Å². The van der Waals surface area contributed by atoms with Gasteiger partial charge < -0.3 is 15.0 Å². The highest BCUT2D eigenvalue weighted by Gasteiger charge is 2.00. The van der Waals surface area contributed by atoms with Gasteiger partial charge in [0.1, 0.15) is 0 Å². The van der Waals surface area contributed by atoms with Crippen LogP contribution in [0.1, 0.15) is 6.92 Å². The van der Waals surface area contributed by atoms with Crippen molar-refractivity contribution < 1.29 is 4.74 Å². The van der Waals surface area contributed by atoms with E-state index in [1.54, 1.807) is 0 Å². The highest BCUT2D eigenvalue weighted by Crippen LogP contribution is 2.12. The molecule has 0 aliphatic heterocycles. The van der Waals surface area contributed by atoms with E-state index < -0.39 is 0 Å². The number of imidazole rings is 1. The number of H-pyrrole nitrogens is 1. The lowest BCUT2D eigenvalue weighted by Crippen LogP contribution is -2.11. The largest absolute Gasteiger partial charge is 0.375 e. The molecule has 4 heteroatoms. The zero-order chi connectivity index (χ0) is 12.1. The molecular weight excluding hydrogens is 214 g/mol. The predicted molar refractivity (Wildman–Crippen MR) is 70.2 cm³/mol. The first-order valence-electron chi connectivity index (χ1n) is 5.66. The molecule has 0 spiro atoms. The Bertz CT molecular complexity index is 471. The number of nitrogens with one attached hydrogen (secondary N) is 2. The standard InChI is InChI=1S/C13H17N3O/c1-10(2)9-17-8-7-14-13-15-11-5-3-4-6-12(11)16-13/h3-6H,1,7-9H2,2H3,(H2,14,15,16). The van der Waals surface area contributed by atoms with Crippen molar-refractivity contribution in [3.63, 3.8) is 0 Å². The van der Waals surface area contributed by atoms with Gasteiger partial charge in [0, 0.05) is 6.54 Å². The molecule has 2 N–H and O–H groups in total. The van der Waals surface area contributed by atoms with Gasteiger partial charge in [-0.2, -0.15) is 0 Å². The summed E-state index contributed by atoms with van der Waals surface area (Å²) in [6.07, 6.45) is 0. The average molecular weight is 231 g/mol. The van der Waals surface area contributed by atoms with Crippen LogP contribution in [0.2, 0.25) is 0 Å². The van der Waals surface area contributed by atoms with Gasteiger partial charge >= 0.3 is 0 Å². The van der Waals surface area contributed by atoms with Crippen molar-refractivity contribution in [3.05, 3.63) is 36.4 Å². The number of rotatable bonds is 6. The third kappa shape index (κ3) is 3.32. The van der Waals surface area contributed by atoms with Crippen molar-refractivity contribution in [1.29, 1.82) is 0 Å². The van der Waals surface area contributed by atoms with Gasteiger partial charge in [0.25, 0.3) is 0 Å². The van der Waals surface area contributed by atoms with Crippen molar-refractivity contribution in [2.75, 3.05) is 25.1 Å². The van der Waals surface area contributed by atoms with Gasteiger partial charge in [-0.05, 0) is 19.1 Å². The maximum absolute atomic E-state index is 5.39. The number of nitrogens with zero attached hydrogens (tertiary/aromatic N) is 1. The van der Waals surface area contributed by atoms with Crippen molar-refractivity contribution in [2.24, 2.45) is 0 Å². The normalized spacial score (nSPS) is 10.6. The van der Waals surface area contributed by atoms with Gasteiger partial charge in [-0.15, -0.1) is 0 Å². The van der Waals surface area contributed by atoms with E-state index in [1.165, 1.54) is 0 Å². The summed E-state index contributed by atoms with van der Waals surface area (Å²) in [5, 5.41) is 3.19. The Hall–Kier alpha value is -1.81. The Morgan fingerprint density at radius 3 is 3.06 bits per heavy atom. The van der Waals surface area contributed by atoms with Crippen LogP contribution in [0.25, 0.3) is 11.0 Å². The number of benzene rings is 1. The second-order valence-electron chi connectivity index (χ2n) is 4.04. The summed E-state index contributed by atoms with van der Waals surface area (Å²) < 4.78 is 5.39. The molecule has 0 aliphatic rings. The van der Waals surface area contributed by atoms with E-state index in [0.29, 0.717) is 13.2 Å². The summed E-state index contributed by atoms with van der Waals surface area (Å²) in [7, 11) is 0. The Morgan fingerprint density at radius 1 is 1.47 bits per heavy atom. The Balaban J connectivity index is 1.81. The first kappa shape index (κ1) is 11.7. The molecule has 2 rings (SSSR count). The number of fused-ring (bicyclic) bond motifs is 1. The molecule has 1 aromatic heterocycles. The van der Waals surface area contributed by atoms with Gasteiger partial charge in [0.05, 0.1) is 24.2 Å². The van der Waals surface area contributed by atoms with Crippen molar-refractivity contribution in [1.82, 2.24) is 9.97 Å². The summed E-state index contributed by atoms with van der Waals surface area (Å²) in [6, 6.07) is 7.95. The fraction of sp³-hybridized carbons (Fsp3) is 0.308. The molecule has 0 radical (unpaired) electrons. The highest BCUT2D eigenvalue weighted by molar-refractivity contribution is 5.77. The predicted octanol–water partition coefficient (Wildman–Crippen LogP) is 2.57.